The van der Waals surface area contributed by atoms with Gasteiger partial charge in [-0.2, -0.15) is 0 Å². The largest absolute Gasteiger partial charge is 0.460 e. The van der Waals surface area contributed by atoms with Crippen molar-refractivity contribution >= 4 is 23.3 Å². The molecule has 25 heavy (non-hydrogen) atoms. The van der Waals surface area contributed by atoms with Crippen molar-refractivity contribution in [2.75, 3.05) is 0 Å². The van der Waals surface area contributed by atoms with Gasteiger partial charge in [0.1, 0.15) is 16.6 Å². The lowest BCUT2D eigenvalue weighted by Gasteiger charge is -2.29. The SMILES string of the molecule is [C-]#[N+]c1cc(F)c(C[C@H]2CCC[C@@H](CC(=O)OC(C)(C)C)C2)nc1Cl. The number of aromatic nitrogens is 1. The molecule has 1 aliphatic carbocycles. The van der Waals surface area contributed by atoms with Crippen LogP contribution in [0.4, 0.5) is 10.1 Å². The van der Waals surface area contributed by atoms with Crippen LogP contribution in [0.2, 0.25) is 5.15 Å². The van der Waals surface area contributed by atoms with Gasteiger partial charge in [-0.25, -0.2) is 14.2 Å². The van der Waals surface area contributed by atoms with E-state index >= 15 is 0 Å². The zero-order valence-corrected chi connectivity index (χ0v) is 15.7. The van der Waals surface area contributed by atoms with Crippen LogP contribution in [0.5, 0.6) is 0 Å². The van der Waals surface area contributed by atoms with Crippen LogP contribution in [0.15, 0.2) is 6.07 Å². The Bertz CT molecular complexity index is 679. The van der Waals surface area contributed by atoms with Crippen LogP contribution in [0.3, 0.4) is 0 Å². The fourth-order valence-corrected chi connectivity index (χ4v) is 3.58. The van der Waals surface area contributed by atoms with E-state index in [0.717, 1.165) is 31.7 Å². The van der Waals surface area contributed by atoms with Crippen molar-refractivity contribution in [1.29, 1.82) is 0 Å². The summed E-state index contributed by atoms with van der Waals surface area (Å²) in [6, 6.07) is 1.15. The van der Waals surface area contributed by atoms with Gasteiger partial charge >= 0.3 is 5.97 Å². The van der Waals surface area contributed by atoms with Gasteiger partial charge in [-0.1, -0.05) is 24.4 Å². The number of hydrogen-bond acceptors (Lipinski definition) is 3. The molecule has 0 saturated heterocycles. The topological polar surface area (TPSA) is 43.5 Å². The highest BCUT2D eigenvalue weighted by Gasteiger charge is 2.27. The maximum Gasteiger partial charge on any atom is 0.306 e. The van der Waals surface area contributed by atoms with Crippen LogP contribution >= 0.6 is 11.6 Å². The summed E-state index contributed by atoms with van der Waals surface area (Å²) in [6.45, 7) is 12.5. The molecule has 2 atom stereocenters. The molecule has 1 saturated carbocycles. The quantitative estimate of drug-likeness (QED) is 0.401. The van der Waals surface area contributed by atoms with Gasteiger partial charge in [-0.05, 0) is 57.9 Å². The Morgan fingerprint density at radius 2 is 2.12 bits per heavy atom. The number of esters is 1. The average Bonchev–Trinajstić information content (AvgIpc) is 2.49. The summed E-state index contributed by atoms with van der Waals surface area (Å²) < 4.78 is 19.5. The van der Waals surface area contributed by atoms with Crippen LogP contribution in [0.25, 0.3) is 4.85 Å². The average molecular weight is 367 g/mol. The third kappa shape index (κ3) is 5.97. The molecule has 6 heteroatoms. The lowest BCUT2D eigenvalue weighted by atomic mass is 9.78. The van der Waals surface area contributed by atoms with E-state index in [1.54, 1.807) is 0 Å². The highest BCUT2D eigenvalue weighted by molar-refractivity contribution is 6.32. The number of hydrogen-bond donors (Lipinski definition) is 0. The van der Waals surface area contributed by atoms with Gasteiger partial charge in [0.05, 0.1) is 12.3 Å². The first-order valence-electron chi connectivity index (χ1n) is 8.62. The molecule has 0 spiro atoms. The first kappa shape index (κ1) is 19.7. The van der Waals surface area contributed by atoms with E-state index in [4.69, 9.17) is 22.9 Å². The van der Waals surface area contributed by atoms with E-state index < -0.39 is 11.4 Å². The van der Waals surface area contributed by atoms with Gasteiger partial charge in [0.25, 0.3) is 0 Å². The molecule has 0 N–H and O–H groups in total. The number of carbonyl (C=O) groups excluding carboxylic acids is 1. The van der Waals surface area contributed by atoms with Crippen LogP contribution in [-0.2, 0) is 16.0 Å². The lowest BCUT2D eigenvalue weighted by molar-refractivity contribution is -0.156. The number of rotatable bonds is 4. The zero-order valence-electron chi connectivity index (χ0n) is 14.9. The second-order valence-electron chi connectivity index (χ2n) is 7.73. The van der Waals surface area contributed by atoms with Crippen LogP contribution in [0.1, 0.15) is 58.6 Å². The summed E-state index contributed by atoms with van der Waals surface area (Å²) in [7, 11) is 0. The standard InChI is InChI=1S/C19H24ClFN2O2/c1-19(2,3)25-17(24)10-13-7-5-6-12(8-13)9-15-14(21)11-16(22-4)18(20)23-15/h11-13H,5-10H2,1-3H3/t12-,13+/m0/s1. The summed E-state index contributed by atoms with van der Waals surface area (Å²) in [5.41, 5.74) is -0.130. The van der Waals surface area contributed by atoms with Gasteiger partial charge in [0.15, 0.2) is 0 Å². The molecule has 136 valence electrons. The molecule has 1 heterocycles. The first-order chi connectivity index (χ1) is 11.7. The highest BCUT2D eigenvalue weighted by atomic mass is 35.5. The van der Waals surface area contributed by atoms with Gasteiger partial charge in [0, 0.05) is 6.42 Å². The summed E-state index contributed by atoms with van der Waals surface area (Å²) in [4.78, 5) is 19.2. The fourth-order valence-electron chi connectivity index (χ4n) is 3.38. The molecule has 0 bridgehead atoms. The molecule has 0 radical (unpaired) electrons. The highest BCUT2D eigenvalue weighted by Crippen LogP contribution is 2.35. The number of nitrogens with zero attached hydrogens (tertiary/aromatic N) is 2. The van der Waals surface area contributed by atoms with E-state index in [-0.39, 0.29) is 28.6 Å². The van der Waals surface area contributed by atoms with E-state index in [0.29, 0.717) is 18.5 Å². The molecule has 1 aromatic heterocycles. The summed E-state index contributed by atoms with van der Waals surface area (Å²) in [6.07, 6.45) is 4.71. The van der Waals surface area contributed by atoms with Crippen LogP contribution < -0.4 is 0 Å². The molecular formula is C19H24ClFN2O2. The van der Waals surface area contributed by atoms with E-state index in [1.165, 1.54) is 0 Å². The van der Waals surface area contributed by atoms with Gasteiger partial charge < -0.3 is 4.74 Å². The minimum Gasteiger partial charge on any atom is -0.460 e. The normalized spacial score (nSPS) is 20.8. The fraction of sp³-hybridized carbons (Fsp3) is 0.632. The number of pyridine rings is 1. The van der Waals surface area contributed by atoms with E-state index in [2.05, 4.69) is 9.83 Å². The Hall–Kier alpha value is -1.67. The number of ether oxygens (including phenoxy) is 1. The zero-order chi connectivity index (χ0) is 18.6. The Morgan fingerprint density at radius 1 is 1.44 bits per heavy atom. The predicted molar refractivity (Wildman–Crippen MR) is 95.1 cm³/mol. The molecule has 1 aromatic rings. The molecule has 0 aromatic carbocycles. The molecule has 4 nitrogen and oxygen atoms in total. The molecule has 0 unspecified atom stereocenters. The molecular weight excluding hydrogens is 343 g/mol. The smallest absolute Gasteiger partial charge is 0.306 e. The number of carbonyl (C=O) groups is 1. The summed E-state index contributed by atoms with van der Waals surface area (Å²) in [5, 5.41) is 0.0486. The third-order valence-electron chi connectivity index (χ3n) is 4.35. The minimum atomic E-state index is -0.482. The van der Waals surface area contributed by atoms with Gasteiger partial charge in [-0.3, -0.25) is 4.79 Å². The van der Waals surface area contributed by atoms with Crippen molar-refractivity contribution in [3.05, 3.63) is 34.1 Å². The molecule has 1 fully saturated rings. The Kier molecular flexibility index (Phi) is 6.40. The molecule has 1 aliphatic rings. The van der Waals surface area contributed by atoms with E-state index in [1.807, 2.05) is 20.8 Å². The van der Waals surface area contributed by atoms with Crippen molar-refractivity contribution in [3.8, 4) is 0 Å². The lowest BCUT2D eigenvalue weighted by Crippen LogP contribution is -2.27. The number of halogens is 2. The Balaban J connectivity index is 1.97. The molecule has 2 rings (SSSR count). The van der Waals surface area contributed by atoms with E-state index in [9.17, 15) is 9.18 Å². The van der Waals surface area contributed by atoms with Gasteiger partial charge in [-0.15, -0.1) is 0 Å². The van der Waals surface area contributed by atoms with Crippen molar-refractivity contribution in [3.63, 3.8) is 0 Å². The minimum absolute atomic E-state index is 0.0364. The van der Waals surface area contributed by atoms with Gasteiger partial charge in [0.2, 0.25) is 5.69 Å². The summed E-state index contributed by atoms with van der Waals surface area (Å²) >= 11 is 5.93. The second-order valence-corrected chi connectivity index (χ2v) is 8.09. The Morgan fingerprint density at radius 3 is 2.76 bits per heavy atom. The first-order valence-corrected chi connectivity index (χ1v) is 9.00. The summed E-state index contributed by atoms with van der Waals surface area (Å²) in [5.74, 6) is -0.135. The Labute approximate surface area is 153 Å². The van der Waals surface area contributed by atoms with Crippen molar-refractivity contribution in [2.24, 2.45) is 11.8 Å². The van der Waals surface area contributed by atoms with Crippen molar-refractivity contribution in [2.45, 2.75) is 64.9 Å². The second kappa shape index (κ2) is 8.14. The maximum absolute atomic E-state index is 14.1. The van der Waals surface area contributed by atoms with Crippen LogP contribution in [-0.4, -0.2) is 16.6 Å². The molecule has 0 aliphatic heterocycles. The van der Waals surface area contributed by atoms with Crippen molar-refractivity contribution in [1.82, 2.24) is 4.98 Å². The predicted octanol–water partition coefficient (Wildman–Crippen LogP) is 5.51. The van der Waals surface area contributed by atoms with Crippen molar-refractivity contribution < 1.29 is 13.9 Å². The van der Waals surface area contributed by atoms with Crippen LogP contribution in [0, 0.1) is 24.2 Å². The third-order valence-corrected chi connectivity index (χ3v) is 4.63. The molecule has 0 amide bonds. The monoisotopic (exact) mass is 366 g/mol. The maximum atomic E-state index is 14.1.